The fourth-order valence-electron chi connectivity index (χ4n) is 3.78. The zero-order valence-corrected chi connectivity index (χ0v) is 13.2. The van der Waals surface area contributed by atoms with Crippen LogP contribution >= 0.6 is 0 Å². The maximum atomic E-state index is 12.4. The lowest BCUT2D eigenvalue weighted by Crippen LogP contribution is -2.67. The maximum absolute atomic E-state index is 12.4. The number of aliphatic hydroxyl groups is 3. The van der Waals surface area contributed by atoms with Crippen LogP contribution in [0, 0.1) is 0 Å². The number of benzene rings is 1. The first-order chi connectivity index (χ1) is 11.9. The normalized spacial score (nSPS) is 35.4. The molecule has 9 nitrogen and oxygen atoms in total. The molecule has 25 heavy (non-hydrogen) atoms. The first kappa shape index (κ1) is 16.1. The Bertz CT molecular complexity index is 750. The predicted molar refractivity (Wildman–Crippen MR) is 80.1 cm³/mol. The minimum absolute atomic E-state index is 0.0217. The lowest BCUT2D eigenvalue weighted by atomic mass is 9.70. The van der Waals surface area contributed by atoms with Gasteiger partial charge in [-0.1, -0.05) is 0 Å². The minimum atomic E-state index is -1.53. The van der Waals surface area contributed by atoms with E-state index in [4.69, 9.17) is 14.2 Å². The van der Waals surface area contributed by atoms with Crippen LogP contribution in [0.4, 0.5) is 0 Å². The van der Waals surface area contributed by atoms with Crippen LogP contribution in [-0.2, 0) is 9.53 Å². The van der Waals surface area contributed by atoms with Crippen molar-refractivity contribution in [1.29, 1.82) is 0 Å². The van der Waals surface area contributed by atoms with Crippen molar-refractivity contribution in [3.8, 4) is 11.5 Å². The number of carbonyl (C=O) groups is 2. The third kappa shape index (κ3) is 2.35. The fourth-order valence-corrected chi connectivity index (χ4v) is 3.78. The van der Waals surface area contributed by atoms with Crippen LogP contribution in [0.15, 0.2) is 12.1 Å². The topological polar surface area (TPSA) is 135 Å². The quantitative estimate of drug-likeness (QED) is 0.456. The van der Waals surface area contributed by atoms with Crippen LogP contribution in [0.2, 0.25) is 0 Å². The Hall–Kier alpha value is -2.36. The molecule has 4 N–H and O–H groups in total. The molecule has 1 fully saturated rings. The van der Waals surface area contributed by atoms with Crippen molar-refractivity contribution in [2.75, 3.05) is 6.79 Å². The van der Waals surface area contributed by atoms with Gasteiger partial charge in [0.15, 0.2) is 17.6 Å². The van der Waals surface area contributed by atoms with Crippen LogP contribution in [-0.4, -0.2) is 64.4 Å². The number of carbonyl (C=O) groups excluding carboxylic acids is 2. The molecule has 1 amide bonds. The van der Waals surface area contributed by atoms with Crippen molar-refractivity contribution in [3.63, 3.8) is 0 Å². The third-order valence-corrected chi connectivity index (χ3v) is 4.89. The summed E-state index contributed by atoms with van der Waals surface area (Å²) in [7, 11) is 0. The number of amides is 1. The van der Waals surface area contributed by atoms with E-state index in [1.54, 1.807) is 6.07 Å². The van der Waals surface area contributed by atoms with Gasteiger partial charge in [0.05, 0.1) is 6.04 Å². The van der Waals surface area contributed by atoms with Gasteiger partial charge < -0.3 is 34.8 Å². The molecule has 4 rings (SSSR count). The smallest absolute Gasteiger partial charge is 0.303 e. The van der Waals surface area contributed by atoms with Crippen LogP contribution < -0.4 is 14.8 Å². The average molecular weight is 351 g/mol. The summed E-state index contributed by atoms with van der Waals surface area (Å²) in [5.41, 5.74) is 0.711. The van der Waals surface area contributed by atoms with Gasteiger partial charge in [0.2, 0.25) is 6.79 Å². The number of esters is 1. The Kier molecular flexibility index (Phi) is 3.60. The number of aliphatic hydroxyl groups excluding tert-OH is 3. The standard InChI is InChI=1S/C16H17NO8/c1-5(18)25-15-12(19)10-6-2-8-9(24-4-23-8)3-7(6)16(22)17-11(10)13(20)14(15)21/h2-3,10-15,19-21H,4H2,1H3,(H,17,22)/t10?,11-,12-,13+,14+,15+/m1/s1. The zero-order chi connectivity index (χ0) is 17.9. The van der Waals surface area contributed by atoms with Gasteiger partial charge in [0.1, 0.15) is 18.3 Å². The van der Waals surface area contributed by atoms with Crippen molar-refractivity contribution < 1.29 is 39.1 Å². The van der Waals surface area contributed by atoms with Crippen LogP contribution in [0.3, 0.4) is 0 Å². The monoisotopic (exact) mass is 351 g/mol. The summed E-state index contributed by atoms with van der Waals surface area (Å²) in [4.78, 5) is 23.7. The summed E-state index contributed by atoms with van der Waals surface area (Å²) in [5, 5.41) is 33.9. The molecule has 0 spiro atoms. The number of rotatable bonds is 1. The molecule has 0 aromatic heterocycles. The lowest BCUT2D eigenvalue weighted by Gasteiger charge is -2.48. The number of ether oxygens (including phenoxy) is 3. The maximum Gasteiger partial charge on any atom is 0.303 e. The largest absolute Gasteiger partial charge is 0.457 e. The highest BCUT2D eigenvalue weighted by molar-refractivity contribution is 5.98. The Balaban J connectivity index is 1.80. The van der Waals surface area contributed by atoms with Gasteiger partial charge in [0.25, 0.3) is 5.91 Å². The van der Waals surface area contributed by atoms with Crippen molar-refractivity contribution in [3.05, 3.63) is 23.3 Å². The van der Waals surface area contributed by atoms with E-state index in [0.717, 1.165) is 6.92 Å². The molecule has 134 valence electrons. The van der Waals surface area contributed by atoms with E-state index in [1.807, 2.05) is 0 Å². The SMILES string of the molecule is CC(=O)O[C@@H]1[C@@H](O)[C@@H](O)[C@@H]2NC(=O)c3cc4c(cc3C2[C@H]1O)OCO4. The van der Waals surface area contributed by atoms with Crippen molar-refractivity contribution in [1.82, 2.24) is 5.32 Å². The average Bonchev–Trinajstić information content (AvgIpc) is 3.02. The lowest BCUT2D eigenvalue weighted by molar-refractivity contribution is -0.188. The van der Waals surface area contributed by atoms with Crippen molar-refractivity contribution in [2.24, 2.45) is 0 Å². The summed E-state index contributed by atoms with van der Waals surface area (Å²) in [6.45, 7) is 1.17. The van der Waals surface area contributed by atoms with Gasteiger partial charge in [-0.15, -0.1) is 0 Å². The molecule has 1 aromatic carbocycles. The third-order valence-electron chi connectivity index (χ3n) is 4.89. The van der Waals surface area contributed by atoms with Gasteiger partial charge in [-0.3, -0.25) is 9.59 Å². The summed E-state index contributed by atoms with van der Waals surface area (Å²) >= 11 is 0. The van der Waals surface area contributed by atoms with E-state index in [0.29, 0.717) is 17.1 Å². The summed E-state index contributed by atoms with van der Waals surface area (Å²) in [5.74, 6) is -1.11. The fraction of sp³-hybridized carbons (Fsp3) is 0.500. The van der Waals surface area contributed by atoms with E-state index in [2.05, 4.69) is 5.32 Å². The second-order valence-electron chi connectivity index (χ2n) is 6.36. The van der Waals surface area contributed by atoms with Crippen LogP contribution in [0.25, 0.3) is 0 Å². The zero-order valence-electron chi connectivity index (χ0n) is 13.2. The van der Waals surface area contributed by atoms with E-state index in [-0.39, 0.29) is 12.4 Å². The molecule has 0 saturated heterocycles. The molecule has 0 radical (unpaired) electrons. The highest BCUT2D eigenvalue weighted by Crippen LogP contribution is 2.44. The Morgan fingerprint density at radius 2 is 1.84 bits per heavy atom. The first-order valence-corrected chi connectivity index (χ1v) is 7.84. The highest BCUT2D eigenvalue weighted by atomic mass is 16.7. The van der Waals surface area contributed by atoms with Gasteiger partial charge >= 0.3 is 5.97 Å². The Morgan fingerprint density at radius 3 is 2.52 bits per heavy atom. The second kappa shape index (κ2) is 5.58. The molecular weight excluding hydrogens is 334 g/mol. The Morgan fingerprint density at radius 1 is 1.16 bits per heavy atom. The van der Waals surface area contributed by atoms with E-state index < -0.39 is 48.3 Å². The van der Waals surface area contributed by atoms with E-state index in [1.165, 1.54) is 6.07 Å². The van der Waals surface area contributed by atoms with Gasteiger partial charge in [-0.2, -0.15) is 0 Å². The summed E-state index contributed by atoms with van der Waals surface area (Å²) < 4.78 is 15.6. The number of nitrogens with one attached hydrogen (secondary N) is 1. The molecule has 1 aliphatic carbocycles. The molecule has 9 heteroatoms. The summed E-state index contributed by atoms with van der Waals surface area (Å²) in [6, 6.07) is 2.15. The van der Waals surface area contributed by atoms with Crippen molar-refractivity contribution >= 4 is 11.9 Å². The van der Waals surface area contributed by atoms with Crippen LogP contribution in [0.5, 0.6) is 11.5 Å². The molecule has 0 bridgehead atoms. The van der Waals surface area contributed by atoms with E-state index >= 15 is 0 Å². The van der Waals surface area contributed by atoms with Gasteiger partial charge in [0, 0.05) is 18.4 Å². The molecule has 1 aromatic rings. The number of hydrogen-bond acceptors (Lipinski definition) is 8. The first-order valence-electron chi connectivity index (χ1n) is 7.84. The summed E-state index contributed by atoms with van der Waals surface area (Å²) in [6.07, 6.45) is -5.59. The molecule has 2 heterocycles. The van der Waals surface area contributed by atoms with Crippen molar-refractivity contribution in [2.45, 2.75) is 43.3 Å². The number of fused-ring (bicyclic) bond motifs is 4. The Labute approximate surface area is 142 Å². The minimum Gasteiger partial charge on any atom is -0.457 e. The molecule has 1 saturated carbocycles. The highest BCUT2D eigenvalue weighted by Gasteiger charge is 2.54. The molecule has 3 aliphatic rings. The molecule has 1 unspecified atom stereocenters. The molecule has 2 aliphatic heterocycles. The molecular formula is C16H17NO8. The second-order valence-corrected chi connectivity index (χ2v) is 6.36. The van der Waals surface area contributed by atoms with Gasteiger partial charge in [-0.05, 0) is 17.7 Å². The van der Waals surface area contributed by atoms with E-state index in [9.17, 15) is 24.9 Å². The molecule has 6 atom stereocenters. The van der Waals surface area contributed by atoms with Crippen LogP contribution in [0.1, 0.15) is 28.8 Å². The number of hydrogen-bond donors (Lipinski definition) is 4. The van der Waals surface area contributed by atoms with Gasteiger partial charge in [-0.25, -0.2) is 0 Å². The predicted octanol–water partition coefficient (Wildman–Crippen LogP) is -1.36.